The van der Waals surface area contributed by atoms with Gasteiger partial charge in [0, 0.05) is 11.9 Å². The molecule has 23 heavy (non-hydrogen) atoms. The molecule has 5 nitrogen and oxygen atoms in total. The van der Waals surface area contributed by atoms with Crippen molar-refractivity contribution in [2.24, 2.45) is 0 Å². The fraction of sp³-hybridized carbons (Fsp3) is 0.235. The van der Waals surface area contributed by atoms with Gasteiger partial charge >= 0.3 is 0 Å². The van der Waals surface area contributed by atoms with Gasteiger partial charge in [-0.3, -0.25) is 4.79 Å². The first-order valence-corrected chi connectivity index (χ1v) is 9.06. The minimum absolute atomic E-state index is 0.0575. The van der Waals surface area contributed by atoms with Crippen LogP contribution in [0.2, 0.25) is 0 Å². The monoisotopic (exact) mass is 332 g/mol. The summed E-state index contributed by atoms with van der Waals surface area (Å²) in [7, 11) is -3.39. The molecule has 2 rings (SSSR count). The number of anilines is 2. The van der Waals surface area contributed by atoms with Gasteiger partial charge in [0.25, 0.3) is 0 Å². The Morgan fingerprint density at radius 3 is 2.39 bits per heavy atom. The molecule has 122 valence electrons. The van der Waals surface area contributed by atoms with E-state index in [-0.39, 0.29) is 17.3 Å². The normalized spacial score (nSPS) is 11.1. The van der Waals surface area contributed by atoms with E-state index >= 15 is 0 Å². The summed E-state index contributed by atoms with van der Waals surface area (Å²) in [4.78, 5) is 12.2. The molecule has 0 aliphatic rings. The van der Waals surface area contributed by atoms with E-state index in [0.717, 1.165) is 23.1 Å². The smallest absolute Gasteiger partial charge is 0.243 e. The summed E-state index contributed by atoms with van der Waals surface area (Å²) in [5.74, 6) is -0.305. The average Bonchev–Trinajstić information content (AvgIpc) is 2.46. The first-order valence-electron chi connectivity index (χ1n) is 7.17. The highest BCUT2D eigenvalue weighted by molar-refractivity contribution is 7.90. The van der Waals surface area contributed by atoms with E-state index in [0.29, 0.717) is 5.69 Å². The zero-order chi connectivity index (χ0) is 17.0. The van der Waals surface area contributed by atoms with Gasteiger partial charge in [0.15, 0.2) is 9.84 Å². The number of amides is 1. The molecule has 0 bridgehead atoms. The Morgan fingerprint density at radius 2 is 1.74 bits per heavy atom. The molecule has 2 N–H and O–H groups in total. The number of carbonyl (C=O) groups excluding carboxylic acids is 1. The highest BCUT2D eigenvalue weighted by Gasteiger charge is 2.14. The number of hydrogen-bond donors (Lipinski definition) is 2. The Hall–Kier alpha value is -2.34. The third kappa shape index (κ3) is 4.56. The predicted molar refractivity (Wildman–Crippen MR) is 92.6 cm³/mol. The van der Waals surface area contributed by atoms with E-state index in [9.17, 15) is 13.2 Å². The molecule has 0 radical (unpaired) electrons. The van der Waals surface area contributed by atoms with E-state index in [1.54, 1.807) is 18.2 Å². The molecule has 0 atom stereocenters. The van der Waals surface area contributed by atoms with Gasteiger partial charge in [0.05, 0.1) is 17.1 Å². The van der Waals surface area contributed by atoms with Crippen molar-refractivity contribution < 1.29 is 13.2 Å². The maximum absolute atomic E-state index is 12.1. The molecule has 0 saturated carbocycles. The lowest BCUT2D eigenvalue weighted by atomic mass is 10.1. The minimum atomic E-state index is -3.39. The predicted octanol–water partition coefficient (Wildman–Crippen LogP) is 2.76. The SMILES string of the molecule is Cc1ccc(NCC(=O)Nc2ccccc2S(C)(=O)=O)c(C)c1. The first-order chi connectivity index (χ1) is 10.8. The molecule has 0 spiro atoms. The van der Waals surface area contributed by atoms with E-state index in [1.165, 1.54) is 6.07 Å². The zero-order valence-electron chi connectivity index (χ0n) is 13.4. The van der Waals surface area contributed by atoms with Gasteiger partial charge in [-0.1, -0.05) is 29.8 Å². The van der Waals surface area contributed by atoms with Crippen molar-refractivity contribution in [1.82, 2.24) is 0 Å². The average molecular weight is 332 g/mol. The molecule has 0 aliphatic carbocycles. The Morgan fingerprint density at radius 1 is 1.04 bits per heavy atom. The van der Waals surface area contributed by atoms with Crippen LogP contribution in [-0.2, 0) is 14.6 Å². The van der Waals surface area contributed by atoms with Crippen LogP contribution in [0.5, 0.6) is 0 Å². The van der Waals surface area contributed by atoms with Crippen LogP contribution in [0.25, 0.3) is 0 Å². The van der Waals surface area contributed by atoms with Crippen molar-refractivity contribution in [2.75, 3.05) is 23.4 Å². The number of para-hydroxylation sites is 1. The summed E-state index contributed by atoms with van der Waals surface area (Å²) >= 11 is 0. The van der Waals surface area contributed by atoms with Crippen LogP contribution in [0.1, 0.15) is 11.1 Å². The number of nitrogens with one attached hydrogen (secondary N) is 2. The fourth-order valence-corrected chi connectivity index (χ4v) is 3.12. The van der Waals surface area contributed by atoms with Gasteiger partial charge < -0.3 is 10.6 Å². The van der Waals surface area contributed by atoms with Crippen LogP contribution in [0.3, 0.4) is 0 Å². The summed E-state index contributed by atoms with van der Waals surface area (Å²) in [5, 5.41) is 5.69. The summed E-state index contributed by atoms with van der Waals surface area (Å²) in [6.07, 6.45) is 1.12. The summed E-state index contributed by atoms with van der Waals surface area (Å²) in [5.41, 5.74) is 3.37. The minimum Gasteiger partial charge on any atom is -0.376 e. The number of aryl methyl sites for hydroxylation is 2. The van der Waals surface area contributed by atoms with Gasteiger partial charge in [0.2, 0.25) is 5.91 Å². The molecule has 1 amide bonds. The quantitative estimate of drug-likeness (QED) is 0.883. The van der Waals surface area contributed by atoms with Crippen molar-refractivity contribution in [1.29, 1.82) is 0 Å². The molecule has 0 aliphatic heterocycles. The van der Waals surface area contributed by atoms with Crippen LogP contribution in [0.15, 0.2) is 47.4 Å². The molecular formula is C17H20N2O3S. The molecule has 0 aromatic heterocycles. The second-order valence-electron chi connectivity index (χ2n) is 5.49. The second-order valence-corrected chi connectivity index (χ2v) is 7.47. The van der Waals surface area contributed by atoms with Crippen molar-refractivity contribution in [3.05, 3.63) is 53.6 Å². The molecule has 2 aromatic rings. The number of benzene rings is 2. The lowest BCUT2D eigenvalue weighted by molar-refractivity contribution is -0.114. The Bertz CT molecular complexity index is 829. The second kappa shape index (κ2) is 6.83. The van der Waals surface area contributed by atoms with Crippen molar-refractivity contribution in [3.8, 4) is 0 Å². The van der Waals surface area contributed by atoms with Gasteiger partial charge in [0.1, 0.15) is 0 Å². The summed E-state index contributed by atoms with van der Waals surface area (Å²) < 4.78 is 23.4. The van der Waals surface area contributed by atoms with E-state index in [1.807, 2.05) is 32.0 Å². The topological polar surface area (TPSA) is 75.3 Å². The van der Waals surface area contributed by atoms with Gasteiger partial charge in [-0.05, 0) is 37.6 Å². The number of hydrogen-bond acceptors (Lipinski definition) is 4. The van der Waals surface area contributed by atoms with Crippen molar-refractivity contribution in [3.63, 3.8) is 0 Å². The fourth-order valence-electron chi connectivity index (χ4n) is 2.28. The Balaban J connectivity index is 2.06. The van der Waals surface area contributed by atoms with E-state index < -0.39 is 9.84 Å². The standard InChI is InChI=1S/C17H20N2O3S/c1-12-8-9-14(13(2)10-12)18-11-17(20)19-15-6-4-5-7-16(15)23(3,21)22/h4-10,18H,11H2,1-3H3,(H,19,20). The summed E-state index contributed by atoms with van der Waals surface area (Å²) in [6.45, 7) is 4.03. The highest BCUT2D eigenvalue weighted by atomic mass is 32.2. The molecule has 6 heteroatoms. The number of sulfone groups is 1. The van der Waals surface area contributed by atoms with Gasteiger partial charge in [-0.15, -0.1) is 0 Å². The van der Waals surface area contributed by atoms with Crippen molar-refractivity contribution in [2.45, 2.75) is 18.7 Å². The Kier molecular flexibility index (Phi) is 5.05. The van der Waals surface area contributed by atoms with Crippen molar-refractivity contribution >= 4 is 27.1 Å². The van der Waals surface area contributed by atoms with Crippen LogP contribution in [0.4, 0.5) is 11.4 Å². The molecule has 0 fully saturated rings. The van der Waals surface area contributed by atoms with Gasteiger partial charge in [-0.25, -0.2) is 8.42 Å². The molecule has 0 heterocycles. The van der Waals surface area contributed by atoms with Crippen LogP contribution in [0, 0.1) is 13.8 Å². The lowest BCUT2D eigenvalue weighted by Gasteiger charge is -2.12. The number of rotatable bonds is 5. The zero-order valence-corrected chi connectivity index (χ0v) is 14.2. The van der Waals surface area contributed by atoms with E-state index in [2.05, 4.69) is 10.6 Å². The van der Waals surface area contributed by atoms with Crippen LogP contribution >= 0.6 is 0 Å². The first kappa shape index (κ1) is 17.0. The summed E-state index contributed by atoms with van der Waals surface area (Å²) in [6, 6.07) is 12.3. The Labute approximate surface area is 136 Å². The third-order valence-electron chi connectivity index (χ3n) is 3.38. The van der Waals surface area contributed by atoms with E-state index in [4.69, 9.17) is 0 Å². The largest absolute Gasteiger partial charge is 0.376 e. The molecule has 0 unspecified atom stereocenters. The molecule has 0 saturated heterocycles. The van der Waals surface area contributed by atoms with Gasteiger partial charge in [-0.2, -0.15) is 0 Å². The highest BCUT2D eigenvalue weighted by Crippen LogP contribution is 2.20. The maximum atomic E-state index is 12.1. The molecular weight excluding hydrogens is 312 g/mol. The third-order valence-corrected chi connectivity index (χ3v) is 4.54. The maximum Gasteiger partial charge on any atom is 0.243 e. The van der Waals surface area contributed by atoms with Crippen LogP contribution < -0.4 is 10.6 Å². The lowest BCUT2D eigenvalue weighted by Crippen LogP contribution is -2.23. The van der Waals surface area contributed by atoms with Crippen LogP contribution in [-0.4, -0.2) is 27.1 Å². The molecule has 2 aromatic carbocycles. The number of carbonyl (C=O) groups is 1.